The number of aryl methyl sites for hydroxylation is 1. The van der Waals surface area contributed by atoms with E-state index in [0.717, 1.165) is 4.90 Å². The van der Waals surface area contributed by atoms with E-state index in [9.17, 15) is 14.7 Å². The van der Waals surface area contributed by atoms with Crippen molar-refractivity contribution in [3.63, 3.8) is 0 Å². The lowest BCUT2D eigenvalue weighted by atomic mass is 10.2. The van der Waals surface area contributed by atoms with Crippen LogP contribution in [0.2, 0.25) is 0 Å². The summed E-state index contributed by atoms with van der Waals surface area (Å²) in [6.07, 6.45) is 0. The summed E-state index contributed by atoms with van der Waals surface area (Å²) in [6.45, 7) is 2.01. The second-order valence-corrected chi connectivity index (χ2v) is 5.57. The van der Waals surface area contributed by atoms with E-state index in [0.29, 0.717) is 5.69 Å². The van der Waals surface area contributed by atoms with Gasteiger partial charge in [0.1, 0.15) is 0 Å². The van der Waals surface area contributed by atoms with Gasteiger partial charge in [-0.15, -0.1) is 11.8 Å². The Balaban J connectivity index is 1.91. The Morgan fingerprint density at radius 3 is 2.52 bits per heavy atom. The molecule has 0 unspecified atom stereocenters. The van der Waals surface area contributed by atoms with E-state index in [1.165, 1.54) is 29.5 Å². The molecule has 0 aromatic heterocycles. The van der Waals surface area contributed by atoms with Crippen LogP contribution in [0.3, 0.4) is 0 Å². The van der Waals surface area contributed by atoms with Gasteiger partial charge in [-0.05, 0) is 36.8 Å². The molecular formula is C16H14NO3S-. The summed E-state index contributed by atoms with van der Waals surface area (Å²) in [5.74, 6) is -1.19. The average Bonchev–Trinajstić information content (AvgIpc) is 2.47. The van der Waals surface area contributed by atoms with Crippen LogP contribution >= 0.6 is 11.8 Å². The quantitative estimate of drug-likeness (QED) is 0.858. The first kappa shape index (κ1) is 15.1. The molecule has 0 spiro atoms. The first-order valence-electron chi connectivity index (χ1n) is 6.35. The summed E-state index contributed by atoms with van der Waals surface area (Å²) in [4.78, 5) is 23.6. The van der Waals surface area contributed by atoms with Gasteiger partial charge in [-0.25, -0.2) is 0 Å². The SMILES string of the molecule is Cc1ccc(SCC(=O)Nc2cccc(C(=O)[O-])c2)cc1. The Morgan fingerprint density at radius 1 is 1.14 bits per heavy atom. The molecule has 0 atom stereocenters. The minimum atomic E-state index is -1.26. The first-order valence-corrected chi connectivity index (χ1v) is 7.34. The van der Waals surface area contributed by atoms with E-state index in [-0.39, 0.29) is 17.2 Å². The minimum absolute atomic E-state index is 0.0407. The number of aromatic carboxylic acids is 1. The second-order valence-electron chi connectivity index (χ2n) is 4.52. The van der Waals surface area contributed by atoms with Gasteiger partial charge in [0.05, 0.1) is 11.7 Å². The maximum Gasteiger partial charge on any atom is 0.234 e. The third-order valence-electron chi connectivity index (χ3n) is 2.77. The normalized spacial score (nSPS) is 10.1. The molecule has 4 nitrogen and oxygen atoms in total. The number of thioether (sulfide) groups is 1. The van der Waals surface area contributed by atoms with Crippen LogP contribution in [0.25, 0.3) is 0 Å². The number of carbonyl (C=O) groups is 2. The summed E-state index contributed by atoms with van der Waals surface area (Å²) in [7, 11) is 0. The van der Waals surface area contributed by atoms with E-state index < -0.39 is 5.97 Å². The summed E-state index contributed by atoms with van der Waals surface area (Å²) in [5.41, 5.74) is 1.66. The molecule has 0 saturated carbocycles. The smallest absolute Gasteiger partial charge is 0.234 e. The number of carboxylic acids is 1. The van der Waals surface area contributed by atoms with Crippen molar-refractivity contribution in [2.45, 2.75) is 11.8 Å². The topological polar surface area (TPSA) is 69.2 Å². The van der Waals surface area contributed by atoms with Crippen LogP contribution in [-0.2, 0) is 4.79 Å². The molecule has 1 amide bonds. The van der Waals surface area contributed by atoms with Gasteiger partial charge in [-0.2, -0.15) is 0 Å². The molecule has 0 bridgehead atoms. The Bertz CT molecular complexity index is 653. The zero-order chi connectivity index (χ0) is 15.2. The highest BCUT2D eigenvalue weighted by atomic mass is 32.2. The molecule has 0 saturated heterocycles. The molecule has 0 radical (unpaired) electrons. The van der Waals surface area contributed by atoms with Crippen LogP contribution in [0, 0.1) is 6.92 Å². The maximum atomic E-state index is 11.8. The summed E-state index contributed by atoms with van der Waals surface area (Å²) in [6, 6.07) is 13.9. The molecule has 5 heteroatoms. The van der Waals surface area contributed by atoms with Crippen molar-refractivity contribution in [2.24, 2.45) is 0 Å². The van der Waals surface area contributed by atoms with Gasteiger partial charge in [-0.1, -0.05) is 29.8 Å². The van der Waals surface area contributed by atoms with Gasteiger partial charge in [0, 0.05) is 10.6 Å². The van der Waals surface area contributed by atoms with Crippen LogP contribution in [0.15, 0.2) is 53.4 Å². The predicted octanol–water partition coefficient (Wildman–Crippen LogP) is 2.09. The van der Waals surface area contributed by atoms with E-state index in [2.05, 4.69) is 5.32 Å². The Hall–Kier alpha value is -2.27. The van der Waals surface area contributed by atoms with Crippen molar-refractivity contribution < 1.29 is 14.7 Å². The zero-order valence-corrected chi connectivity index (χ0v) is 12.3. The van der Waals surface area contributed by atoms with Crippen LogP contribution in [0.5, 0.6) is 0 Å². The minimum Gasteiger partial charge on any atom is -0.545 e. The van der Waals surface area contributed by atoms with Crippen LogP contribution in [-0.4, -0.2) is 17.6 Å². The number of carboxylic acid groups (broad SMARTS) is 1. The van der Waals surface area contributed by atoms with Gasteiger partial charge < -0.3 is 15.2 Å². The molecule has 2 rings (SSSR count). The van der Waals surface area contributed by atoms with Crippen molar-refractivity contribution in [1.29, 1.82) is 0 Å². The highest BCUT2D eigenvalue weighted by molar-refractivity contribution is 8.00. The number of hydrogen-bond acceptors (Lipinski definition) is 4. The van der Waals surface area contributed by atoms with Crippen LogP contribution < -0.4 is 10.4 Å². The zero-order valence-electron chi connectivity index (χ0n) is 11.5. The fourth-order valence-electron chi connectivity index (χ4n) is 1.70. The number of anilines is 1. The lowest BCUT2D eigenvalue weighted by Gasteiger charge is -2.08. The molecular weight excluding hydrogens is 286 g/mol. The monoisotopic (exact) mass is 300 g/mol. The van der Waals surface area contributed by atoms with Gasteiger partial charge in [0.2, 0.25) is 5.91 Å². The third kappa shape index (κ3) is 4.65. The number of hydrogen-bond donors (Lipinski definition) is 1. The van der Waals surface area contributed by atoms with E-state index in [4.69, 9.17) is 0 Å². The Morgan fingerprint density at radius 2 is 1.86 bits per heavy atom. The summed E-state index contributed by atoms with van der Waals surface area (Å²) < 4.78 is 0. The van der Waals surface area contributed by atoms with Crippen molar-refractivity contribution in [2.75, 3.05) is 11.1 Å². The lowest BCUT2D eigenvalue weighted by molar-refractivity contribution is -0.255. The van der Waals surface area contributed by atoms with Gasteiger partial charge >= 0.3 is 0 Å². The molecule has 0 fully saturated rings. The number of carbonyl (C=O) groups excluding carboxylic acids is 2. The van der Waals surface area contributed by atoms with Crippen molar-refractivity contribution in [3.8, 4) is 0 Å². The molecule has 0 aliphatic heterocycles. The van der Waals surface area contributed by atoms with E-state index in [1.54, 1.807) is 12.1 Å². The average molecular weight is 300 g/mol. The number of rotatable bonds is 5. The van der Waals surface area contributed by atoms with Gasteiger partial charge in [-0.3, -0.25) is 4.79 Å². The molecule has 0 aliphatic rings. The Labute approximate surface area is 127 Å². The predicted molar refractivity (Wildman–Crippen MR) is 81.3 cm³/mol. The highest BCUT2D eigenvalue weighted by Gasteiger charge is 2.04. The number of amides is 1. The largest absolute Gasteiger partial charge is 0.545 e. The summed E-state index contributed by atoms with van der Waals surface area (Å²) >= 11 is 1.43. The van der Waals surface area contributed by atoms with Crippen molar-refractivity contribution >= 4 is 29.3 Å². The molecule has 108 valence electrons. The molecule has 0 aliphatic carbocycles. The van der Waals surface area contributed by atoms with E-state index >= 15 is 0 Å². The molecule has 2 aromatic rings. The maximum absolute atomic E-state index is 11.8. The van der Waals surface area contributed by atoms with Gasteiger partial charge in [0.25, 0.3) is 0 Å². The number of benzene rings is 2. The molecule has 1 N–H and O–H groups in total. The second kappa shape index (κ2) is 6.95. The standard InChI is InChI=1S/C16H15NO3S/c1-11-5-7-14(8-6-11)21-10-15(18)17-13-4-2-3-12(9-13)16(19)20/h2-9H,10H2,1H3,(H,17,18)(H,19,20)/p-1. The van der Waals surface area contributed by atoms with Crippen LogP contribution in [0.1, 0.15) is 15.9 Å². The van der Waals surface area contributed by atoms with E-state index in [1.807, 2.05) is 31.2 Å². The highest BCUT2D eigenvalue weighted by Crippen LogP contribution is 2.19. The lowest BCUT2D eigenvalue weighted by Crippen LogP contribution is -2.22. The molecule has 2 aromatic carbocycles. The van der Waals surface area contributed by atoms with Gasteiger partial charge in [0.15, 0.2) is 0 Å². The fourth-order valence-corrected chi connectivity index (χ4v) is 2.40. The fraction of sp³-hybridized carbons (Fsp3) is 0.125. The van der Waals surface area contributed by atoms with Crippen molar-refractivity contribution in [1.82, 2.24) is 0 Å². The third-order valence-corrected chi connectivity index (χ3v) is 3.78. The Kier molecular flexibility index (Phi) is 5.00. The summed E-state index contributed by atoms with van der Waals surface area (Å²) in [5, 5.41) is 13.4. The number of nitrogens with one attached hydrogen (secondary N) is 1. The van der Waals surface area contributed by atoms with Crippen molar-refractivity contribution in [3.05, 3.63) is 59.7 Å². The molecule has 21 heavy (non-hydrogen) atoms. The first-order chi connectivity index (χ1) is 10.0. The molecule has 0 heterocycles. The van der Waals surface area contributed by atoms with Crippen LogP contribution in [0.4, 0.5) is 5.69 Å².